The molecular formula is C8H9N. The van der Waals surface area contributed by atoms with Crippen molar-refractivity contribution >= 4 is 5.57 Å². The van der Waals surface area contributed by atoms with Gasteiger partial charge in [-0.2, -0.15) is 0 Å². The highest BCUT2D eigenvalue weighted by atomic mass is 15.0. The van der Waals surface area contributed by atoms with Crippen molar-refractivity contribution in [1.82, 2.24) is 4.57 Å². The van der Waals surface area contributed by atoms with Gasteiger partial charge in [-0.3, -0.25) is 0 Å². The van der Waals surface area contributed by atoms with Crippen LogP contribution in [0.25, 0.3) is 5.57 Å². The van der Waals surface area contributed by atoms with Gasteiger partial charge in [-0.05, 0) is 24.1 Å². The Labute approximate surface area is 54.6 Å². The fraction of sp³-hybridized carbons (Fsp3) is 0.250. The average Bonchev–Trinajstić information content (AvgIpc) is 2.35. The summed E-state index contributed by atoms with van der Waals surface area (Å²) in [5.41, 5.74) is 2.59. The van der Waals surface area contributed by atoms with E-state index in [9.17, 15) is 0 Å². The van der Waals surface area contributed by atoms with E-state index in [-0.39, 0.29) is 0 Å². The second kappa shape index (κ2) is 1.50. The lowest BCUT2D eigenvalue weighted by Crippen LogP contribution is -1.86. The largest absolute Gasteiger partial charge is 0.347 e. The molecule has 0 aliphatic carbocycles. The first-order chi connectivity index (χ1) is 4.38. The Morgan fingerprint density at radius 3 is 3.22 bits per heavy atom. The maximum Gasteiger partial charge on any atom is 0.0434 e. The van der Waals surface area contributed by atoms with Crippen LogP contribution < -0.4 is 0 Å². The van der Waals surface area contributed by atoms with Gasteiger partial charge in [-0.1, -0.05) is 6.58 Å². The minimum atomic E-state index is 1.13. The van der Waals surface area contributed by atoms with Gasteiger partial charge in [0.1, 0.15) is 0 Å². The topological polar surface area (TPSA) is 4.93 Å². The lowest BCUT2D eigenvalue weighted by atomic mass is 10.2. The third-order valence-electron chi connectivity index (χ3n) is 1.85. The summed E-state index contributed by atoms with van der Waals surface area (Å²) in [6.45, 7) is 5.07. The van der Waals surface area contributed by atoms with Crippen molar-refractivity contribution < 1.29 is 0 Å². The van der Waals surface area contributed by atoms with Crippen molar-refractivity contribution in [2.45, 2.75) is 13.0 Å². The van der Waals surface area contributed by atoms with E-state index in [0.717, 1.165) is 13.0 Å². The molecule has 2 heterocycles. The quantitative estimate of drug-likeness (QED) is 0.491. The maximum atomic E-state index is 3.95. The fourth-order valence-corrected chi connectivity index (χ4v) is 1.31. The summed E-state index contributed by atoms with van der Waals surface area (Å²) < 4.78 is 2.24. The minimum Gasteiger partial charge on any atom is -0.347 e. The Hall–Kier alpha value is -0.980. The molecule has 0 bridgehead atoms. The lowest BCUT2D eigenvalue weighted by Gasteiger charge is -1.90. The molecule has 0 N–H and O–H groups in total. The predicted molar refractivity (Wildman–Crippen MR) is 38.1 cm³/mol. The van der Waals surface area contributed by atoms with Crippen LogP contribution in [-0.2, 0) is 6.54 Å². The van der Waals surface area contributed by atoms with Crippen molar-refractivity contribution in [3.63, 3.8) is 0 Å². The molecule has 1 aromatic rings. The average molecular weight is 119 g/mol. The maximum absolute atomic E-state index is 3.95. The van der Waals surface area contributed by atoms with E-state index in [0.29, 0.717) is 0 Å². The molecule has 2 rings (SSSR count). The summed E-state index contributed by atoms with van der Waals surface area (Å²) in [6.07, 6.45) is 3.24. The van der Waals surface area contributed by atoms with Gasteiger partial charge in [0.2, 0.25) is 0 Å². The second-order valence-electron chi connectivity index (χ2n) is 2.44. The van der Waals surface area contributed by atoms with Crippen LogP contribution in [-0.4, -0.2) is 4.57 Å². The summed E-state index contributed by atoms with van der Waals surface area (Å²) in [6, 6.07) is 4.19. The molecule has 1 aromatic heterocycles. The zero-order valence-corrected chi connectivity index (χ0v) is 5.30. The monoisotopic (exact) mass is 119 g/mol. The molecule has 1 aliphatic heterocycles. The van der Waals surface area contributed by atoms with Gasteiger partial charge in [0.15, 0.2) is 0 Å². The summed E-state index contributed by atoms with van der Waals surface area (Å²) in [7, 11) is 0. The van der Waals surface area contributed by atoms with Gasteiger partial charge in [-0.15, -0.1) is 0 Å². The molecule has 0 unspecified atom stereocenters. The highest BCUT2D eigenvalue weighted by molar-refractivity contribution is 5.63. The van der Waals surface area contributed by atoms with Crippen LogP contribution in [0.3, 0.4) is 0 Å². The van der Waals surface area contributed by atoms with E-state index < -0.39 is 0 Å². The van der Waals surface area contributed by atoms with Crippen molar-refractivity contribution in [3.8, 4) is 0 Å². The molecule has 1 nitrogen and oxygen atoms in total. The highest BCUT2D eigenvalue weighted by Crippen LogP contribution is 2.24. The first-order valence-corrected chi connectivity index (χ1v) is 3.21. The molecule has 0 radical (unpaired) electrons. The van der Waals surface area contributed by atoms with Crippen molar-refractivity contribution in [2.75, 3.05) is 0 Å². The normalized spacial score (nSPS) is 16.2. The summed E-state index contributed by atoms with van der Waals surface area (Å²) in [4.78, 5) is 0. The highest BCUT2D eigenvalue weighted by Gasteiger charge is 2.10. The second-order valence-corrected chi connectivity index (χ2v) is 2.44. The third kappa shape index (κ3) is 0.545. The lowest BCUT2D eigenvalue weighted by molar-refractivity contribution is 0.770. The first kappa shape index (κ1) is 4.86. The van der Waals surface area contributed by atoms with Crippen molar-refractivity contribution in [3.05, 3.63) is 30.6 Å². The number of allylic oxidation sites excluding steroid dienone is 1. The zero-order chi connectivity index (χ0) is 6.27. The van der Waals surface area contributed by atoms with Crippen LogP contribution in [0, 0.1) is 0 Å². The zero-order valence-electron chi connectivity index (χ0n) is 5.30. The van der Waals surface area contributed by atoms with Crippen LogP contribution in [0.2, 0.25) is 0 Å². The molecule has 1 aliphatic rings. The number of rotatable bonds is 0. The number of hydrogen-bond acceptors (Lipinski definition) is 0. The van der Waals surface area contributed by atoms with Gasteiger partial charge >= 0.3 is 0 Å². The molecule has 0 fully saturated rings. The Morgan fingerprint density at radius 1 is 1.56 bits per heavy atom. The molecule has 0 saturated carbocycles. The Kier molecular flexibility index (Phi) is 0.810. The summed E-state index contributed by atoms with van der Waals surface area (Å²) >= 11 is 0. The smallest absolute Gasteiger partial charge is 0.0434 e. The molecule has 0 aromatic carbocycles. The van der Waals surface area contributed by atoms with Crippen molar-refractivity contribution in [2.24, 2.45) is 0 Å². The first-order valence-electron chi connectivity index (χ1n) is 3.21. The third-order valence-corrected chi connectivity index (χ3v) is 1.85. The molecule has 0 amide bonds. The molecular weight excluding hydrogens is 110 g/mol. The number of aromatic nitrogens is 1. The van der Waals surface area contributed by atoms with E-state index in [1.54, 1.807) is 0 Å². The van der Waals surface area contributed by atoms with E-state index in [1.165, 1.54) is 11.3 Å². The van der Waals surface area contributed by atoms with Crippen LogP contribution in [0.15, 0.2) is 24.9 Å². The number of fused-ring (bicyclic) bond motifs is 1. The van der Waals surface area contributed by atoms with Crippen LogP contribution in [0.5, 0.6) is 0 Å². The van der Waals surface area contributed by atoms with E-state index in [4.69, 9.17) is 0 Å². The Morgan fingerprint density at radius 2 is 2.44 bits per heavy atom. The Balaban J connectivity index is 2.61. The molecule has 1 heteroatoms. The van der Waals surface area contributed by atoms with E-state index in [1.807, 2.05) is 0 Å². The summed E-state index contributed by atoms with van der Waals surface area (Å²) in [5, 5.41) is 0. The van der Waals surface area contributed by atoms with E-state index >= 15 is 0 Å². The number of nitrogens with zero attached hydrogens (tertiary/aromatic N) is 1. The standard InChI is InChI=1S/C8H9N/c1-7-4-6-9-5-2-3-8(7)9/h2-3,5H,1,4,6H2. The SMILES string of the molecule is C=C1CCn2cccc21. The Bertz CT molecular complexity index is 245. The van der Waals surface area contributed by atoms with Crippen LogP contribution >= 0.6 is 0 Å². The van der Waals surface area contributed by atoms with Crippen LogP contribution in [0.4, 0.5) is 0 Å². The number of aryl methyl sites for hydroxylation is 1. The molecule has 9 heavy (non-hydrogen) atoms. The molecule has 46 valence electrons. The minimum absolute atomic E-state index is 1.13. The molecule has 0 spiro atoms. The summed E-state index contributed by atoms with van der Waals surface area (Å²) in [5.74, 6) is 0. The number of hydrogen-bond donors (Lipinski definition) is 0. The van der Waals surface area contributed by atoms with Crippen LogP contribution in [0.1, 0.15) is 12.1 Å². The van der Waals surface area contributed by atoms with Gasteiger partial charge in [0.25, 0.3) is 0 Å². The van der Waals surface area contributed by atoms with Gasteiger partial charge in [0, 0.05) is 18.4 Å². The van der Waals surface area contributed by atoms with Gasteiger partial charge in [0.05, 0.1) is 0 Å². The van der Waals surface area contributed by atoms with Crippen molar-refractivity contribution in [1.29, 1.82) is 0 Å². The fourth-order valence-electron chi connectivity index (χ4n) is 1.31. The van der Waals surface area contributed by atoms with Gasteiger partial charge in [-0.25, -0.2) is 0 Å². The van der Waals surface area contributed by atoms with Gasteiger partial charge < -0.3 is 4.57 Å². The predicted octanol–water partition coefficient (Wildman–Crippen LogP) is 1.91. The molecule has 0 atom stereocenters. The van der Waals surface area contributed by atoms with E-state index in [2.05, 4.69) is 29.5 Å². The molecule has 0 saturated heterocycles.